The Kier molecular flexibility index (Phi) is 5.63. The van der Waals surface area contributed by atoms with Crippen molar-refractivity contribution in [2.45, 2.75) is 31.6 Å². The van der Waals surface area contributed by atoms with Crippen LogP contribution in [0.4, 0.5) is 14.5 Å². The number of anilines is 1. The number of guanidine groups is 1. The third-order valence-corrected chi connectivity index (χ3v) is 4.01. The number of benzene rings is 1. The van der Waals surface area contributed by atoms with Gasteiger partial charge in [-0.1, -0.05) is 0 Å². The third-order valence-electron chi connectivity index (χ3n) is 4.01. The second-order valence-corrected chi connectivity index (χ2v) is 5.72. The molecule has 5 nitrogen and oxygen atoms in total. The number of ether oxygens (including phenoxy) is 2. The van der Waals surface area contributed by atoms with Gasteiger partial charge < -0.3 is 20.5 Å². The molecule has 1 aliphatic carbocycles. The summed E-state index contributed by atoms with van der Waals surface area (Å²) in [7, 11) is 3.12. The van der Waals surface area contributed by atoms with Crippen molar-refractivity contribution in [3.63, 3.8) is 0 Å². The van der Waals surface area contributed by atoms with Gasteiger partial charge in [0.15, 0.2) is 17.5 Å². The monoisotopic (exact) mass is 327 g/mol. The van der Waals surface area contributed by atoms with E-state index in [9.17, 15) is 8.78 Å². The molecule has 0 spiro atoms. The molecule has 1 fully saturated rings. The number of hydrogen-bond donors (Lipinski definition) is 2. The number of halogens is 2. The summed E-state index contributed by atoms with van der Waals surface area (Å²) in [6.45, 7) is 0.461. The van der Waals surface area contributed by atoms with E-state index in [1.165, 1.54) is 0 Å². The molecule has 1 aliphatic rings. The molecule has 0 atom stereocenters. The van der Waals surface area contributed by atoms with Crippen molar-refractivity contribution in [3.05, 3.63) is 18.2 Å². The number of aliphatic imine (C=N–C) groups is 1. The predicted molar refractivity (Wildman–Crippen MR) is 86.6 cm³/mol. The number of nitrogens with one attached hydrogen (secondary N) is 1. The van der Waals surface area contributed by atoms with E-state index in [-0.39, 0.29) is 24.7 Å². The summed E-state index contributed by atoms with van der Waals surface area (Å²) in [5.41, 5.74) is 6.58. The molecule has 1 aromatic rings. The van der Waals surface area contributed by atoms with Crippen LogP contribution in [0.3, 0.4) is 0 Å². The van der Waals surface area contributed by atoms with E-state index < -0.39 is 5.92 Å². The minimum atomic E-state index is -2.51. The lowest BCUT2D eigenvalue weighted by Gasteiger charge is -2.27. The lowest BCUT2D eigenvalue weighted by Crippen LogP contribution is -2.28. The SMILES string of the molecule is COc1ccc(NC(N)=NCC2CCC(F)(F)CC2)cc1OC. The quantitative estimate of drug-likeness (QED) is 0.643. The third kappa shape index (κ3) is 4.97. The summed E-state index contributed by atoms with van der Waals surface area (Å²) >= 11 is 0. The Labute approximate surface area is 134 Å². The van der Waals surface area contributed by atoms with Crippen molar-refractivity contribution >= 4 is 11.6 Å². The number of nitrogens with two attached hydrogens (primary N) is 1. The van der Waals surface area contributed by atoms with E-state index >= 15 is 0 Å². The first-order valence-electron chi connectivity index (χ1n) is 7.60. The van der Waals surface area contributed by atoms with Crippen LogP contribution in [-0.4, -0.2) is 32.6 Å². The molecule has 0 aromatic heterocycles. The Morgan fingerprint density at radius 3 is 2.52 bits per heavy atom. The van der Waals surface area contributed by atoms with Gasteiger partial charge >= 0.3 is 0 Å². The number of rotatable bonds is 5. The highest BCUT2D eigenvalue weighted by Gasteiger charge is 2.34. The Morgan fingerprint density at radius 1 is 1.26 bits per heavy atom. The molecule has 128 valence electrons. The van der Waals surface area contributed by atoms with Gasteiger partial charge in [0.1, 0.15) is 0 Å². The molecule has 23 heavy (non-hydrogen) atoms. The first-order chi connectivity index (χ1) is 10.9. The Bertz CT molecular complexity index is 554. The summed E-state index contributed by atoms with van der Waals surface area (Å²) in [5.74, 6) is -0.879. The Morgan fingerprint density at radius 2 is 1.91 bits per heavy atom. The summed E-state index contributed by atoms with van der Waals surface area (Å²) < 4.78 is 36.6. The van der Waals surface area contributed by atoms with E-state index in [4.69, 9.17) is 15.2 Å². The second-order valence-electron chi connectivity index (χ2n) is 5.72. The fourth-order valence-electron chi connectivity index (χ4n) is 2.61. The number of hydrogen-bond acceptors (Lipinski definition) is 3. The zero-order chi connectivity index (χ0) is 16.9. The van der Waals surface area contributed by atoms with Gasteiger partial charge in [0.2, 0.25) is 5.92 Å². The van der Waals surface area contributed by atoms with Gasteiger partial charge in [-0.15, -0.1) is 0 Å². The summed E-state index contributed by atoms with van der Waals surface area (Å²) in [6, 6.07) is 5.31. The van der Waals surface area contributed by atoms with E-state index in [1.807, 2.05) is 0 Å². The standard InChI is InChI=1S/C16H23F2N3O2/c1-22-13-4-3-12(9-14(13)23-2)21-15(19)20-10-11-5-7-16(17,18)8-6-11/h3-4,9,11H,5-8,10H2,1-2H3,(H3,19,20,21). The smallest absolute Gasteiger partial charge is 0.248 e. The Balaban J connectivity index is 1.90. The molecule has 0 radical (unpaired) electrons. The number of alkyl halides is 2. The van der Waals surface area contributed by atoms with Crippen LogP contribution in [0.15, 0.2) is 23.2 Å². The highest BCUT2D eigenvalue weighted by atomic mass is 19.3. The molecule has 1 saturated carbocycles. The van der Waals surface area contributed by atoms with Gasteiger partial charge in [-0.2, -0.15) is 0 Å². The molecule has 2 rings (SSSR count). The summed E-state index contributed by atoms with van der Waals surface area (Å²) in [6.07, 6.45) is 0.854. The van der Waals surface area contributed by atoms with Crippen LogP contribution in [0, 0.1) is 5.92 Å². The van der Waals surface area contributed by atoms with E-state index in [0.29, 0.717) is 30.9 Å². The highest BCUT2D eigenvalue weighted by Crippen LogP contribution is 2.36. The molecule has 7 heteroatoms. The van der Waals surface area contributed by atoms with Crippen LogP contribution in [0.25, 0.3) is 0 Å². The maximum absolute atomic E-state index is 13.1. The van der Waals surface area contributed by atoms with E-state index in [0.717, 1.165) is 5.69 Å². The molecule has 1 aromatic carbocycles. The fourth-order valence-corrected chi connectivity index (χ4v) is 2.61. The van der Waals surface area contributed by atoms with Crippen molar-refractivity contribution in [2.75, 3.05) is 26.1 Å². The van der Waals surface area contributed by atoms with Gasteiger partial charge in [-0.25, -0.2) is 8.78 Å². The second kappa shape index (κ2) is 7.48. The number of nitrogens with zero attached hydrogens (tertiary/aromatic N) is 1. The van der Waals surface area contributed by atoms with Crippen LogP contribution in [0.5, 0.6) is 11.5 Å². The van der Waals surface area contributed by atoms with Gasteiger partial charge in [0.25, 0.3) is 0 Å². The molecule has 3 N–H and O–H groups in total. The van der Waals surface area contributed by atoms with Crippen LogP contribution in [0.1, 0.15) is 25.7 Å². The zero-order valence-electron chi connectivity index (χ0n) is 13.4. The van der Waals surface area contributed by atoms with E-state index in [2.05, 4.69) is 10.3 Å². The lowest BCUT2D eigenvalue weighted by molar-refractivity contribution is -0.0446. The van der Waals surface area contributed by atoms with Crippen molar-refractivity contribution in [1.82, 2.24) is 0 Å². The Hall–Kier alpha value is -2.05. The minimum Gasteiger partial charge on any atom is -0.493 e. The van der Waals surface area contributed by atoms with Gasteiger partial charge in [0.05, 0.1) is 14.2 Å². The van der Waals surface area contributed by atoms with Crippen molar-refractivity contribution in [2.24, 2.45) is 16.6 Å². The summed E-state index contributed by atoms with van der Waals surface area (Å²) in [5, 5.41) is 2.97. The highest BCUT2D eigenvalue weighted by molar-refractivity contribution is 5.92. The fraction of sp³-hybridized carbons (Fsp3) is 0.562. The van der Waals surface area contributed by atoms with Crippen molar-refractivity contribution in [1.29, 1.82) is 0 Å². The van der Waals surface area contributed by atoms with Crippen LogP contribution in [0.2, 0.25) is 0 Å². The average Bonchev–Trinajstić information content (AvgIpc) is 2.53. The largest absolute Gasteiger partial charge is 0.493 e. The lowest BCUT2D eigenvalue weighted by atomic mass is 9.87. The average molecular weight is 327 g/mol. The molecule has 0 bridgehead atoms. The van der Waals surface area contributed by atoms with Gasteiger partial charge in [-0.05, 0) is 30.9 Å². The first kappa shape index (κ1) is 17.3. The summed E-state index contributed by atoms with van der Waals surface area (Å²) in [4.78, 5) is 4.26. The van der Waals surface area contributed by atoms with Crippen molar-refractivity contribution < 1.29 is 18.3 Å². The topological polar surface area (TPSA) is 68.9 Å². The maximum atomic E-state index is 13.1. The van der Waals surface area contributed by atoms with Gasteiger partial charge in [0, 0.05) is 31.1 Å². The molecular formula is C16H23F2N3O2. The first-order valence-corrected chi connectivity index (χ1v) is 7.60. The zero-order valence-corrected chi connectivity index (χ0v) is 13.4. The molecule has 0 saturated heterocycles. The maximum Gasteiger partial charge on any atom is 0.248 e. The molecule has 0 unspecified atom stereocenters. The van der Waals surface area contributed by atoms with Crippen LogP contribution >= 0.6 is 0 Å². The molecular weight excluding hydrogens is 304 g/mol. The van der Waals surface area contributed by atoms with Crippen LogP contribution < -0.4 is 20.5 Å². The van der Waals surface area contributed by atoms with Crippen molar-refractivity contribution in [3.8, 4) is 11.5 Å². The normalized spacial score (nSPS) is 18.5. The predicted octanol–water partition coefficient (Wildman–Crippen LogP) is 3.26. The van der Waals surface area contributed by atoms with Gasteiger partial charge in [-0.3, -0.25) is 4.99 Å². The van der Waals surface area contributed by atoms with E-state index in [1.54, 1.807) is 32.4 Å². The molecule has 0 aliphatic heterocycles. The molecule has 0 heterocycles. The number of methoxy groups -OCH3 is 2. The van der Waals surface area contributed by atoms with Crippen LogP contribution in [-0.2, 0) is 0 Å². The molecule has 0 amide bonds. The minimum absolute atomic E-state index is 0.0593.